The molecule has 0 aromatic carbocycles. The molecule has 0 spiro atoms. The number of carbonyl (C=O) groups excluding carboxylic acids is 1. The summed E-state index contributed by atoms with van der Waals surface area (Å²) >= 11 is 0. The van der Waals surface area contributed by atoms with E-state index in [0.717, 1.165) is 5.56 Å². The van der Waals surface area contributed by atoms with E-state index >= 15 is 0 Å². The average Bonchev–Trinajstić information content (AvgIpc) is 2.45. The van der Waals surface area contributed by atoms with Crippen molar-refractivity contribution in [2.24, 2.45) is 0 Å². The van der Waals surface area contributed by atoms with Crippen LogP contribution in [0, 0.1) is 6.92 Å². The second-order valence-electron chi connectivity index (χ2n) is 4.95. The minimum absolute atomic E-state index is 0.0408. The number of carbonyl (C=O) groups is 2. The summed E-state index contributed by atoms with van der Waals surface area (Å²) in [6, 6.07) is 3.69. The van der Waals surface area contributed by atoms with Crippen LogP contribution in [0.25, 0.3) is 0 Å². The maximum Gasteiger partial charge on any atom is 0.304 e. The second-order valence-corrected chi connectivity index (χ2v) is 4.95. The number of pyridine rings is 1. The number of aromatic nitrogens is 1. The Bertz CT molecular complexity index is 496. The maximum atomic E-state index is 12.3. The lowest BCUT2D eigenvalue weighted by Gasteiger charge is -2.34. The Kier molecular flexibility index (Phi) is 4.68. The van der Waals surface area contributed by atoms with Crippen molar-refractivity contribution in [1.82, 2.24) is 14.8 Å². The molecule has 108 valence electrons. The van der Waals surface area contributed by atoms with Crippen molar-refractivity contribution in [3.05, 3.63) is 29.6 Å². The highest BCUT2D eigenvalue weighted by Gasteiger charge is 2.23. The topological polar surface area (TPSA) is 73.7 Å². The van der Waals surface area contributed by atoms with Gasteiger partial charge in [0.25, 0.3) is 5.91 Å². The molecule has 0 aliphatic carbocycles. The third kappa shape index (κ3) is 3.54. The Labute approximate surface area is 118 Å². The van der Waals surface area contributed by atoms with Gasteiger partial charge < -0.3 is 10.0 Å². The van der Waals surface area contributed by atoms with Gasteiger partial charge >= 0.3 is 5.97 Å². The number of amides is 1. The number of hydrogen-bond donors (Lipinski definition) is 1. The van der Waals surface area contributed by atoms with Crippen LogP contribution in [-0.2, 0) is 4.79 Å². The zero-order valence-electron chi connectivity index (χ0n) is 11.6. The van der Waals surface area contributed by atoms with Gasteiger partial charge in [-0.2, -0.15) is 0 Å². The first-order valence-corrected chi connectivity index (χ1v) is 6.73. The molecule has 0 saturated carbocycles. The Hall–Kier alpha value is -1.95. The molecule has 6 nitrogen and oxygen atoms in total. The summed E-state index contributed by atoms with van der Waals surface area (Å²) in [5.74, 6) is -0.825. The molecule has 1 aromatic rings. The number of piperazine rings is 1. The van der Waals surface area contributed by atoms with Crippen molar-refractivity contribution < 1.29 is 14.7 Å². The molecule has 1 fully saturated rings. The third-order valence-corrected chi connectivity index (χ3v) is 3.51. The smallest absolute Gasteiger partial charge is 0.304 e. The molecule has 6 heteroatoms. The van der Waals surface area contributed by atoms with Crippen LogP contribution in [0.3, 0.4) is 0 Å². The monoisotopic (exact) mass is 277 g/mol. The predicted molar refractivity (Wildman–Crippen MR) is 73.6 cm³/mol. The highest BCUT2D eigenvalue weighted by atomic mass is 16.4. The van der Waals surface area contributed by atoms with Crippen LogP contribution in [0.1, 0.15) is 22.5 Å². The summed E-state index contributed by atoms with van der Waals surface area (Å²) in [5.41, 5.74) is 1.39. The number of nitrogens with zero attached hydrogens (tertiary/aromatic N) is 3. The van der Waals surface area contributed by atoms with Crippen LogP contribution in [0.4, 0.5) is 0 Å². The average molecular weight is 277 g/mol. The summed E-state index contributed by atoms with van der Waals surface area (Å²) in [6.07, 6.45) is 1.77. The van der Waals surface area contributed by atoms with E-state index in [1.807, 2.05) is 19.1 Å². The molecule has 1 amide bonds. The zero-order valence-corrected chi connectivity index (χ0v) is 11.6. The fourth-order valence-electron chi connectivity index (χ4n) is 2.29. The number of aliphatic carboxylic acids is 1. The number of hydrogen-bond acceptors (Lipinski definition) is 4. The lowest BCUT2D eigenvalue weighted by atomic mass is 10.2. The molecule has 1 saturated heterocycles. The van der Waals surface area contributed by atoms with Crippen LogP contribution < -0.4 is 0 Å². The van der Waals surface area contributed by atoms with Gasteiger partial charge in [-0.25, -0.2) is 0 Å². The van der Waals surface area contributed by atoms with Gasteiger partial charge in [0.2, 0.25) is 0 Å². The van der Waals surface area contributed by atoms with E-state index in [2.05, 4.69) is 9.88 Å². The highest BCUT2D eigenvalue weighted by Crippen LogP contribution is 2.10. The fourth-order valence-corrected chi connectivity index (χ4v) is 2.29. The number of rotatable bonds is 4. The van der Waals surface area contributed by atoms with E-state index in [-0.39, 0.29) is 12.3 Å². The van der Waals surface area contributed by atoms with E-state index in [4.69, 9.17) is 5.11 Å². The first-order chi connectivity index (χ1) is 9.58. The summed E-state index contributed by atoms with van der Waals surface area (Å²) in [6.45, 7) is 5.09. The Balaban J connectivity index is 1.89. The molecule has 1 N–H and O–H groups in total. The molecule has 1 aliphatic heterocycles. The minimum atomic E-state index is -0.785. The van der Waals surface area contributed by atoms with Crippen molar-refractivity contribution >= 4 is 11.9 Å². The molecular weight excluding hydrogens is 258 g/mol. The summed E-state index contributed by atoms with van der Waals surface area (Å²) in [7, 11) is 0. The van der Waals surface area contributed by atoms with Gasteiger partial charge in [0.05, 0.1) is 6.42 Å². The van der Waals surface area contributed by atoms with Crippen LogP contribution in [0.2, 0.25) is 0 Å². The van der Waals surface area contributed by atoms with Gasteiger partial charge in [0, 0.05) is 38.9 Å². The van der Waals surface area contributed by atoms with Crippen molar-refractivity contribution in [1.29, 1.82) is 0 Å². The van der Waals surface area contributed by atoms with Gasteiger partial charge in [-0.1, -0.05) is 6.07 Å². The fraction of sp³-hybridized carbons (Fsp3) is 0.500. The predicted octanol–water partition coefficient (Wildman–Crippen LogP) is 0.623. The Morgan fingerprint density at radius 3 is 2.60 bits per heavy atom. The third-order valence-electron chi connectivity index (χ3n) is 3.51. The molecule has 1 aromatic heterocycles. The van der Waals surface area contributed by atoms with Gasteiger partial charge in [0.15, 0.2) is 0 Å². The first kappa shape index (κ1) is 14.5. The van der Waals surface area contributed by atoms with Crippen LogP contribution in [-0.4, -0.2) is 64.5 Å². The molecule has 2 rings (SSSR count). The Morgan fingerprint density at radius 2 is 2.00 bits per heavy atom. The molecule has 0 radical (unpaired) electrons. The largest absolute Gasteiger partial charge is 0.481 e. The number of carboxylic acid groups (broad SMARTS) is 1. The summed E-state index contributed by atoms with van der Waals surface area (Å²) < 4.78 is 0. The first-order valence-electron chi connectivity index (χ1n) is 6.73. The van der Waals surface area contributed by atoms with Crippen molar-refractivity contribution in [3.63, 3.8) is 0 Å². The highest BCUT2D eigenvalue weighted by molar-refractivity contribution is 5.93. The van der Waals surface area contributed by atoms with Crippen molar-refractivity contribution in [3.8, 4) is 0 Å². The quantitative estimate of drug-likeness (QED) is 0.873. The number of carboxylic acids is 1. The van der Waals surface area contributed by atoms with Gasteiger partial charge in [-0.3, -0.25) is 19.5 Å². The summed E-state index contributed by atoms with van der Waals surface area (Å²) in [5, 5.41) is 8.66. The van der Waals surface area contributed by atoms with E-state index in [1.54, 1.807) is 11.1 Å². The molecule has 2 heterocycles. The Morgan fingerprint density at radius 1 is 1.30 bits per heavy atom. The lowest BCUT2D eigenvalue weighted by Crippen LogP contribution is -2.49. The SMILES string of the molecule is Cc1cccnc1C(=O)N1CCN(CCC(=O)O)CC1. The molecule has 0 bridgehead atoms. The number of aryl methyl sites for hydroxylation is 1. The summed E-state index contributed by atoms with van der Waals surface area (Å²) in [4.78, 5) is 30.9. The molecular formula is C14H19N3O3. The van der Waals surface area contributed by atoms with Crippen molar-refractivity contribution in [2.45, 2.75) is 13.3 Å². The van der Waals surface area contributed by atoms with E-state index < -0.39 is 5.97 Å². The lowest BCUT2D eigenvalue weighted by molar-refractivity contribution is -0.137. The molecule has 0 unspecified atom stereocenters. The second kappa shape index (κ2) is 6.47. The normalized spacial score (nSPS) is 16.1. The van der Waals surface area contributed by atoms with Crippen molar-refractivity contribution in [2.75, 3.05) is 32.7 Å². The van der Waals surface area contributed by atoms with E-state index in [1.165, 1.54) is 0 Å². The molecule has 0 atom stereocenters. The van der Waals surface area contributed by atoms with Gasteiger partial charge in [-0.15, -0.1) is 0 Å². The standard InChI is InChI=1S/C14H19N3O3/c1-11-3-2-5-15-13(11)14(20)17-9-7-16(8-10-17)6-4-12(18)19/h2-3,5H,4,6-10H2,1H3,(H,18,19). The minimum Gasteiger partial charge on any atom is -0.481 e. The van der Waals surface area contributed by atoms with Crippen LogP contribution >= 0.6 is 0 Å². The van der Waals surface area contributed by atoms with Gasteiger partial charge in [-0.05, 0) is 18.6 Å². The molecule has 1 aliphatic rings. The van der Waals surface area contributed by atoms with E-state index in [9.17, 15) is 9.59 Å². The molecule has 20 heavy (non-hydrogen) atoms. The maximum absolute atomic E-state index is 12.3. The van der Waals surface area contributed by atoms with Crippen LogP contribution in [0.15, 0.2) is 18.3 Å². The van der Waals surface area contributed by atoms with Crippen LogP contribution in [0.5, 0.6) is 0 Å². The zero-order chi connectivity index (χ0) is 14.5. The van der Waals surface area contributed by atoms with E-state index in [0.29, 0.717) is 38.4 Å². The van der Waals surface area contributed by atoms with Gasteiger partial charge in [0.1, 0.15) is 5.69 Å².